The molecule has 0 bridgehead atoms. The fourth-order valence-corrected chi connectivity index (χ4v) is 4.93. The first-order valence-electron chi connectivity index (χ1n) is 12.8. The average molecular weight is 550 g/mol. The first-order chi connectivity index (χ1) is 18.8. The quantitative estimate of drug-likeness (QED) is 0.297. The Morgan fingerprint density at radius 3 is 2.38 bits per heavy atom. The normalized spacial score (nSPS) is 17.3. The molecule has 1 fully saturated rings. The maximum absolute atomic E-state index is 13.7. The molecule has 1 aromatic heterocycles. The molecular formula is C29H30F2N5O2P. The van der Waals surface area contributed by atoms with Gasteiger partial charge in [-0.3, -0.25) is 9.69 Å². The van der Waals surface area contributed by atoms with Crippen molar-refractivity contribution in [1.82, 2.24) is 24.8 Å². The van der Waals surface area contributed by atoms with E-state index in [4.69, 9.17) is 4.74 Å². The number of carbonyl (C=O) groups is 1. The second kappa shape index (κ2) is 12.0. The molecule has 0 saturated carbocycles. The third-order valence-electron chi connectivity index (χ3n) is 6.90. The number of likely N-dealkylation sites (tertiary alicyclic amines) is 1. The molecule has 10 heteroatoms. The highest BCUT2D eigenvalue weighted by Gasteiger charge is 2.34. The number of ether oxygens (including phenoxy) is 1. The molecule has 0 spiro atoms. The van der Waals surface area contributed by atoms with Crippen LogP contribution in [-0.2, 0) is 6.42 Å². The number of halogens is 2. The second-order valence-corrected chi connectivity index (χ2v) is 10.4. The van der Waals surface area contributed by atoms with Crippen molar-refractivity contribution in [1.29, 1.82) is 0 Å². The maximum Gasteiger partial charge on any atom is 0.276 e. The molecule has 4 aromatic rings. The van der Waals surface area contributed by atoms with Crippen LogP contribution in [0.4, 0.5) is 8.78 Å². The van der Waals surface area contributed by atoms with Crippen molar-refractivity contribution in [2.75, 3.05) is 26.7 Å². The highest BCUT2D eigenvalue weighted by molar-refractivity contribution is 7.27. The minimum Gasteiger partial charge on any atom is -0.489 e. The molecular weight excluding hydrogens is 519 g/mol. The minimum absolute atomic E-state index is 0.0530. The van der Waals surface area contributed by atoms with Gasteiger partial charge in [-0.05, 0) is 72.9 Å². The van der Waals surface area contributed by atoms with Crippen LogP contribution in [0.3, 0.4) is 0 Å². The van der Waals surface area contributed by atoms with Crippen molar-refractivity contribution in [2.24, 2.45) is 0 Å². The van der Waals surface area contributed by atoms with Gasteiger partial charge in [0.15, 0.2) is 5.69 Å². The van der Waals surface area contributed by atoms with Gasteiger partial charge < -0.3 is 9.64 Å². The van der Waals surface area contributed by atoms with Gasteiger partial charge in [-0.25, -0.2) is 8.78 Å². The van der Waals surface area contributed by atoms with Gasteiger partial charge in [-0.1, -0.05) is 24.3 Å². The lowest BCUT2D eigenvalue weighted by atomic mass is 10.1. The van der Waals surface area contributed by atoms with Gasteiger partial charge in [0.05, 0.1) is 11.9 Å². The van der Waals surface area contributed by atoms with Gasteiger partial charge in [0.2, 0.25) is 0 Å². The van der Waals surface area contributed by atoms with Crippen LogP contribution in [0.5, 0.6) is 5.75 Å². The summed E-state index contributed by atoms with van der Waals surface area (Å²) in [5.41, 5.74) is 1.95. The molecule has 202 valence electrons. The summed E-state index contributed by atoms with van der Waals surface area (Å²) in [6, 6.07) is 20.0. The molecule has 5 rings (SSSR count). The number of carbonyl (C=O) groups excluding carboxylic acids is 1. The predicted octanol–water partition coefficient (Wildman–Crippen LogP) is 3.88. The van der Waals surface area contributed by atoms with Crippen LogP contribution in [-0.4, -0.2) is 69.5 Å². The summed E-state index contributed by atoms with van der Waals surface area (Å²) in [6.45, 7) is 1.59. The van der Waals surface area contributed by atoms with Crippen LogP contribution in [0.25, 0.3) is 5.69 Å². The molecule has 0 aliphatic carbocycles. The average Bonchev–Trinajstić information content (AvgIpc) is 3.55. The fraction of sp³-hybridized carbons (Fsp3) is 0.276. The van der Waals surface area contributed by atoms with E-state index in [1.807, 2.05) is 31.3 Å². The molecule has 1 aliphatic heterocycles. The van der Waals surface area contributed by atoms with Crippen molar-refractivity contribution < 1.29 is 18.3 Å². The Morgan fingerprint density at radius 1 is 1.03 bits per heavy atom. The standard InChI is InChI=1S/C29H30F2N5O2P/c1-34-19-26(38-25-10-6-22(31)7-11-25)16-24(34)18-35(15-14-20-2-4-21(30)5-3-20)29(37)28-17-32-36(33-28)23-8-12-27(39)13-9-23/h2-13,17,24,26H,14-16,18-19,39H2,1H3. The summed E-state index contributed by atoms with van der Waals surface area (Å²) in [6.07, 6.45) is 2.69. The summed E-state index contributed by atoms with van der Waals surface area (Å²) in [4.78, 5) is 19.1. The Kier molecular flexibility index (Phi) is 8.29. The highest BCUT2D eigenvalue weighted by atomic mass is 31.0. The van der Waals surface area contributed by atoms with Crippen molar-refractivity contribution in [3.63, 3.8) is 0 Å². The zero-order chi connectivity index (χ0) is 27.4. The maximum atomic E-state index is 13.7. The molecule has 0 N–H and O–H groups in total. The summed E-state index contributed by atoms with van der Waals surface area (Å²) in [5, 5.41) is 9.81. The van der Waals surface area contributed by atoms with Gasteiger partial charge in [0.1, 0.15) is 23.5 Å². The number of aromatic nitrogens is 3. The monoisotopic (exact) mass is 549 g/mol. The summed E-state index contributed by atoms with van der Waals surface area (Å²) in [7, 11) is 4.64. The largest absolute Gasteiger partial charge is 0.489 e. The smallest absolute Gasteiger partial charge is 0.276 e. The third-order valence-corrected chi connectivity index (χ3v) is 7.29. The first-order valence-corrected chi connectivity index (χ1v) is 13.4. The topological polar surface area (TPSA) is 63.5 Å². The summed E-state index contributed by atoms with van der Waals surface area (Å²) >= 11 is 0. The number of nitrogens with zero attached hydrogens (tertiary/aromatic N) is 5. The second-order valence-electron chi connectivity index (χ2n) is 9.76. The van der Waals surface area contributed by atoms with Crippen LogP contribution in [0.1, 0.15) is 22.5 Å². The molecule has 7 nitrogen and oxygen atoms in total. The molecule has 2 heterocycles. The van der Waals surface area contributed by atoms with Crippen LogP contribution >= 0.6 is 9.24 Å². The van der Waals surface area contributed by atoms with Crippen molar-refractivity contribution >= 4 is 20.5 Å². The van der Waals surface area contributed by atoms with E-state index in [0.717, 1.165) is 16.6 Å². The van der Waals surface area contributed by atoms with E-state index >= 15 is 0 Å². The van der Waals surface area contributed by atoms with E-state index in [1.165, 1.54) is 35.3 Å². The van der Waals surface area contributed by atoms with Crippen LogP contribution in [0.15, 0.2) is 79.0 Å². The van der Waals surface area contributed by atoms with E-state index in [1.54, 1.807) is 29.2 Å². The lowest BCUT2D eigenvalue weighted by Gasteiger charge is -2.28. The SMILES string of the molecule is CN1CC(Oc2ccc(F)cc2)CC1CN(CCc1ccc(F)cc1)C(=O)c1cnn(-c2ccc(P)cc2)n1. The number of amides is 1. The Balaban J connectivity index is 1.30. The van der Waals surface area contributed by atoms with Gasteiger partial charge in [-0.2, -0.15) is 9.90 Å². The number of likely N-dealkylation sites (N-methyl/N-ethyl adjacent to an activating group) is 1. The van der Waals surface area contributed by atoms with Gasteiger partial charge in [0, 0.05) is 32.1 Å². The third kappa shape index (κ3) is 6.85. The van der Waals surface area contributed by atoms with Gasteiger partial charge in [-0.15, -0.1) is 14.3 Å². The molecule has 1 saturated heterocycles. The zero-order valence-electron chi connectivity index (χ0n) is 21.6. The van der Waals surface area contributed by atoms with E-state index < -0.39 is 0 Å². The van der Waals surface area contributed by atoms with Crippen molar-refractivity contribution in [3.8, 4) is 11.4 Å². The van der Waals surface area contributed by atoms with E-state index in [2.05, 4.69) is 24.3 Å². The number of hydrogen-bond acceptors (Lipinski definition) is 5. The summed E-state index contributed by atoms with van der Waals surface area (Å²) < 4.78 is 32.8. The lowest BCUT2D eigenvalue weighted by molar-refractivity contribution is 0.0710. The Hall–Kier alpha value is -3.68. The molecule has 1 amide bonds. The Bertz CT molecular complexity index is 1400. The van der Waals surface area contributed by atoms with Crippen molar-refractivity contribution in [2.45, 2.75) is 25.0 Å². The molecule has 3 unspecified atom stereocenters. The minimum atomic E-state index is -0.308. The van der Waals surface area contributed by atoms with E-state index in [0.29, 0.717) is 38.2 Å². The number of hydrogen-bond donors (Lipinski definition) is 0. The number of benzene rings is 3. The molecule has 1 aliphatic rings. The lowest BCUT2D eigenvalue weighted by Crippen LogP contribution is -2.43. The van der Waals surface area contributed by atoms with Gasteiger partial charge in [0.25, 0.3) is 5.91 Å². The van der Waals surface area contributed by atoms with Gasteiger partial charge >= 0.3 is 0 Å². The summed E-state index contributed by atoms with van der Waals surface area (Å²) in [5.74, 6) is -0.205. The molecule has 0 radical (unpaired) electrons. The zero-order valence-corrected chi connectivity index (χ0v) is 22.7. The molecule has 39 heavy (non-hydrogen) atoms. The highest BCUT2D eigenvalue weighted by Crippen LogP contribution is 2.23. The Morgan fingerprint density at radius 2 is 1.69 bits per heavy atom. The number of rotatable bonds is 9. The predicted molar refractivity (Wildman–Crippen MR) is 149 cm³/mol. The van der Waals surface area contributed by atoms with E-state index in [-0.39, 0.29) is 35.4 Å². The fourth-order valence-electron chi connectivity index (χ4n) is 4.73. The molecule has 3 atom stereocenters. The van der Waals surface area contributed by atoms with Crippen LogP contribution in [0, 0.1) is 11.6 Å². The van der Waals surface area contributed by atoms with Crippen molar-refractivity contribution in [3.05, 3.63) is 102 Å². The van der Waals surface area contributed by atoms with Crippen LogP contribution < -0.4 is 10.0 Å². The first kappa shape index (κ1) is 26.9. The Labute approximate surface area is 228 Å². The molecule has 3 aromatic carbocycles. The van der Waals surface area contributed by atoms with Crippen LogP contribution in [0.2, 0.25) is 0 Å². The van der Waals surface area contributed by atoms with E-state index in [9.17, 15) is 13.6 Å².